The Hall–Kier alpha value is -1.75. The number of aliphatic hydroxyl groups excluding tert-OH is 1. The van der Waals surface area contributed by atoms with Gasteiger partial charge in [-0.25, -0.2) is 0 Å². The summed E-state index contributed by atoms with van der Waals surface area (Å²) in [6, 6.07) is 3.81. The number of aryl methyl sites for hydroxylation is 1. The molecule has 0 amide bonds. The van der Waals surface area contributed by atoms with Crippen molar-refractivity contribution < 1.29 is 9.63 Å². The molecule has 2 aromatic heterocycles. The van der Waals surface area contributed by atoms with Crippen molar-refractivity contribution in [3.63, 3.8) is 0 Å². The highest BCUT2D eigenvalue weighted by Gasteiger charge is 2.22. The summed E-state index contributed by atoms with van der Waals surface area (Å²) < 4.78 is 5.21. The monoisotopic (exact) mass is 247 g/mol. The lowest BCUT2D eigenvalue weighted by molar-refractivity contribution is 0.141. The predicted octanol–water partition coefficient (Wildman–Crippen LogP) is 2.31. The van der Waals surface area contributed by atoms with E-state index in [0.717, 1.165) is 12.0 Å². The molecule has 0 saturated heterocycles. The molecule has 0 aliphatic heterocycles. The van der Waals surface area contributed by atoms with Gasteiger partial charge in [0.05, 0.1) is 12.0 Å². The number of aliphatic hydroxyl groups is 1. The van der Waals surface area contributed by atoms with Gasteiger partial charge in [-0.2, -0.15) is 4.98 Å². The Balaban J connectivity index is 2.30. The van der Waals surface area contributed by atoms with E-state index in [1.165, 1.54) is 0 Å². The summed E-state index contributed by atoms with van der Waals surface area (Å²) >= 11 is 0. The number of pyridine rings is 1. The molecule has 0 aliphatic rings. The lowest BCUT2D eigenvalue weighted by Crippen LogP contribution is -2.14. The summed E-state index contributed by atoms with van der Waals surface area (Å²) in [4.78, 5) is 8.52. The molecule has 96 valence electrons. The first-order chi connectivity index (χ1) is 8.61. The van der Waals surface area contributed by atoms with E-state index < -0.39 is 6.10 Å². The van der Waals surface area contributed by atoms with Crippen LogP contribution in [-0.2, 0) is 0 Å². The topological polar surface area (TPSA) is 72.0 Å². The van der Waals surface area contributed by atoms with E-state index >= 15 is 0 Å². The van der Waals surface area contributed by atoms with Crippen molar-refractivity contribution in [2.45, 2.75) is 39.2 Å². The summed E-state index contributed by atoms with van der Waals surface area (Å²) in [5.41, 5.74) is 1.78. The van der Waals surface area contributed by atoms with E-state index in [0.29, 0.717) is 17.4 Å². The second-order valence-electron chi connectivity index (χ2n) is 4.43. The van der Waals surface area contributed by atoms with Gasteiger partial charge in [0.25, 0.3) is 0 Å². The maximum atomic E-state index is 9.65. The minimum Gasteiger partial charge on any atom is -0.393 e. The Morgan fingerprint density at radius 1 is 1.44 bits per heavy atom. The largest absolute Gasteiger partial charge is 0.393 e. The van der Waals surface area contributed by atoms with E-state index in [1.807, 2.05) is 26.0 Å². The lowest BCUT2D eigenvalue weighted by atomic mass is 10.0. The summed E-state index contributed by atoms with van der Waals surface area (Å²) in [6.45, 7) is 5.69. The van der Waals surface area contributed by atoms with Gasteiger partial charge < -0.3 is 9.63 Å². The van der Waals surface area contributed by atoms with Gasteiger partial charge in [-0.15, -0.1) is 0 Å². The summed E-state index contributed by atoms with van der Waals surface area (Å²) in [5.74, 6) is 0.801. The fourth-order valence-corrected chi connectivity index (χ4v) is 1.87. The summed E-state index contributed by atoms with van der Waals surface area (Å²) in [6.07, 6.45) is 1.96. The average Bonchev–Trinajstić information content (AvgIpc) is 2.79. The number of aromatic nitrogens is 3. The van der Waals surface area contributed by atoms with Gasteiger partial charge in [0.2, 0.25) is 11.7 Å². The van der Waals surface area contributed by atoms with Gasteiger partial charge in [-0.1, -0.05) is 12.1 Å². The molecule has 0 aromatic carbocycles. The van der Waals surface area contributed by atoms with Gasteiger partial charge in [0.15, 0.2) is 0 Å². The molecule has 2 aromatic rings. The maximum absolute atomic E-state index is 9.65. The van der Waals surface area contributed by atoms with Crippen molar-refractivity contribution >= 4 is 0 Å². The average molecular weight is 247 g/mol. The number of nitrogens with zero attached hydrogens (tertiary/aromatic N) is 3. The first kappa shape index (κ1) is 12.7. The molecule has 1 N–H and O–H groups in total. The van der Waals surface area contributed by atoms with Crippen molar-refractivity contribution in [3.8, 4) is 11.5 Å². The second-order valence-corrected chi connectivity index (χ2v) is 4.43. The summed E-state index contributed by atoms with van der Waals surface area (Å²) in [7, 11) is 0. The van der Waals surface area contributed by atoms with Crippen LogP contribution >= 0.6 is 0 Å². The van der Waals surface area contributed by atoms with Gasteiger partial charge >= 0.3 is 0 Å². The minimum absolute atomic E-state index is 0.129. The lowest BCUT2D eigenvalue weighted by Gasteiger charge is -2.12. The third kappa shape index (κ3) is 2.56. The molecule has 0 radical (unpaired) electrons. The highest BCUT2D eigenvalue weighted by molar-refractivity contribution is 5.49. The molecule has 0 aliphatic carbocycles. The Morgan fingerprint density at radius 3 is 2.83 bits per heavy atom. The normalized spacial score (nSPS) is 14.4. The zero-order valence-electron chi connectivity index (χ0n) is 10.8. The van der Waals surface area contributed by atoms with Gasteiger partial charge in [0, 0.05) is 6.20 Å². The summed E-state index contributed by atoms with van der Waals surface area (Å²) in [5, 5.41) is 13.6. The van der Waals surface area contributed by atoms with E-state index in [2.05, 4.69) is 15.1 Å². The van der Waals surface area contributed by atoms with Gasteiger partial charge in [-0.05, 0) is 38.0 Å². The molecule has 5 heteroatoms. The van der Waals surface area contributed by atoms with Crippen LogP contribution in [0.15, 0.2) is 22.9 Å². The van der Waals surface area contributed by atoms with Crippen LogP contribution in [-0.4, -0.2) is 26.3 Å². The zero-order valence-corrected chi connectivity index (χ0v) is 10.8. The van der Waals surface area contributed by atoms with Crippen molar-refractivity contribution in [1.29, 1.82) is 0 Å². The van der Waals surface area contributed by atoms with E-state index in [4.69, 9.17) is 4.52 Å². The van der Waals surface area contributed by atoms with Crippen LogP contribution in [0.25, 0.3) is 11.5 Å². The number of hydrogen-bond acceptors (Lipinski definition) is 5. The van der Waals surface area contributed by atoms with Crippen molar-refractivity contribution in [3.05, 3.63) is 29.8 Å². The van der Waals surface area contributed by atoms with Crippen LogP contribution in [0.4, 0.5) is 0 Å². The Morgan fingerprint density at radius 2 is 2.22 bits per heavy atom. The van der Waals surface area contributed by atoms with Crippen LogP contribution < -0.4 is 0 Å². The Bertz CT molecular complexity index is 522. The van der Waals surface area contributed by atoms with Gasteiger partial charge in [-0.3, -0.25) is 4.98 Å². The Labute approximate surface area is 106 Å². The molecule has 0 bridgehead atoms. The molecule has 0 fully saturated rings. The first-order valence-electron chi connectivity index (χ1n) is 6.06. The molecule has 2 atom stereocenters. The van der Waals surface area contributed by atoms with Crippen LogP contribution in [0.3, 0.4) is 0 Å². The first-order valence-corrected chi connectivity index (χ1v) is 6.06. The van der Waals surface area contributed by atoms with Crippen LogP contribution in [0.1, 0.15) is 37.6 Å². The molecule has 0 spiro atoms. The van der Waals surface area contributed by atoms with Crippen molar-refractivity contribution in [2.75, 3.05) is 0 Å². The highest BCUT2D eigenvalue weighted by Crippen LogP contribution is 2.24. The molecular weight excluding hydrogens is 230 g/mol. The van der Waals surface area contributed by atoms with E-state index in [-0.39, 0.29) is 5.92 Å². The van der Waals surface area contributed by atoms with Crippen LogP contribution in [0, 0.1) is 6.92 Å². The number of hydrogen-bond donors (Lipinski definition) is 1. The third-order valence-electron chi connectivity index (χ3n) is 2.93. The Kier molecular flexibility index (Phi) is 3.72. The predicted molar refractivity (Wildman–Crippen MR) is 67.0 cm³/mol. The maximum Gasteiger partial charge on any atom is 0.232 e. The molecule has 0 saturated carbocycles. The molecular formula is C13H17N3O2. The fourth-order valence-electron chi connectivity index (χ4n) is 1.87. The highest BCUT2D eigenvalue weighted by atomic mass is 16.5. The second kappa shape index (κ2) is 5.27. The smallest absolute Gasteiger partial charge is 0.232 e. The molecule has 5 nitrogen and oxygen atoms in total. The molecule has 18 heavy (non-hydrogen) atoms. The molecule has 2 rings (SSSR count). The van der Waals surface area contributed by atoms with E-state index in [9.17, 15) is 5.11 Å². The van der Waals surface area contributed by atoms with Crippen LogP contribution in [0.5, 0.6) is 0 Å². The van der Waals surface area contributed by atoms with Crippen LogP contribution in [0.2, 0.25) is 0 Å². The van der Waals surface area contributed by atoms with Crippen molar-refractivity contribution in [2.24, 2.45) is 0 Å². The van der Waals surface area contributed by atoms with E-state index in [1.54, 1.807) is 13.1 Å². The third-order valence-corrected chi connectivity index (χ3v) is 2.93. The zero-order chi connectivity index (χ0) is 13.1. The standard InChI is InChI=1S/C13H17N3O2/c1-4-10(9(3)17)13-15-12(16-18-13)11-7-8(2)5-6-14-11/h5-7,9-10,17H,4H2,1-3H3. The quantitative estimate of drug-likeness (QED) is 0.897. The molecule has 2 unspecified atom stereocenters. The fraction of sp³-hybridized carbons (Fsp3) is 0.462. The SMILES string of the molecule is CCC(c1nc(-c2cc(C)ccn2)no1)C(C)O. The minimum atomic E-state index is -0.506. The number of rotatable bonds is 4. The van der Waals surface area contributed by atoms with Crippen molar-refractivity contribution in [1.82, 2.24) is 15.1 Å². The van der Waals surface area contributed by atoms with Gasteiger partial charge in [0.1, 0.15) is 5.69 Å². The molecule has 2 heterocycles.